The first-order chi connectivity index (χ1) is 9.06. The molecule has 0 spiro atoms. The third-order valence-electron chi connectivity index (χ3n) is 2.47. The van der Waals surface area contributed by atoms with Gasteiger partial charge in [0.1, 0.15) is 5.82 Å². The normalized spacial score (nSPS) is 10.4. The standard InChI is InChI=1S/C13H12FN3OS/c14-11-5-8(13(16)18)1-2-9(11)7-19-12-4-3-10(15)6-17-12/h1-6H,7,15H2,(H2,16,18). The number of nitrogens with zero attached hydrogens (tertiary/aromatic N) is 1. The van der Waals surface area contributed by atoms with Gasteiger partial charge in [0.25, 0.3) is 0 Å². The molecule has 98 valence electrons. The van der Waals surface area contributed by atoms with E-state index in [4.69, 9.17) is 11.5 Å². The molecule has 4 N–H and O–H groups in total. The highest BCUT2D eigenvalue weighted by molar-refractivity contribution is 7.98. The molecule has 0 radical (unpaired) electrons. The fourth-order valence-corrected chi connectivity index (χ4v) is 2.28. The van der Waals surface area contributed by atoms with E-state index in [1.54, 1.807) is 24.4 Å². The van der Waals surface area contributed by atoms with Gasteiger partial charge in [-0.15, -0.1) is 11.8 Å². The maximum Gasteiger partial charge on any atom is 0.248 e. The number of benzene rings is 1. The number of amides is 1. The van der Waals surface area contributed by atoms with Gasteiger partial charge in [-0.25, -0.2) is 9.37 Å². The van der Waals surface area contributed by atoms with Gasteiger partial charge in [0.05, 0.1) is 16.9 Å². The number of hydrogen-bond acceptors (Lipinski definition) is 4. The molecular weight excluding hydrogens is 265 g/mol. The third-order valence-corrected chi connectivity index (χ3v) is 3.46. The second-order valence-corrected chi connectivity index (χ2v) is 4.88. The van der Waals surface area contributed by atoms with E-state index in [9.17, 15) is 9.18 Å². The van der Waals surface area contributed by atoms with Gasteiger partial charge in [-0.1, -0.05) is 6.07 Å². The Balaban J connectivity index is 2.07. The van der Waals surface area contributed by atoms with E-state index in [1.165, 1.54) is 17.8 Å². The van der Waals surface area contributed by atoms with E-state index in [1.807, 2.05) is 0 Å². The van der Waals surface area contributed by atoms with E-state index in [0.717, 1.165) is 11.1 Å². The molecule has 0 aliphatic rings. The van der Waals surface area contributed by atoms with Gasteiger partial charge in [-0.3, -0.25) is 4.79 Å². The summed E-state index contributed by atoms with van der Waals surface area (Å²) in [5, 5.41) is 0.757. The molecule has 4 nitrogen and oxygen atoms in total. The van der Waals surface area contributed by atoms with E-state index >= 15 is 0 Å². The summed E-state index contributed by atoms with van der Waals surface area (Å²) in [6.45, 7) is 0. The number of thioether (sulfide) groups is 1. The van der Waals surface area contributed by atoms with Crippen LogP contribution in [0.5, 0.6) is 0 Å². The van der Waals surface area contributed by atoms with Crippen molar-refractivity contribution in [3.63, 3.8) is 0 Å². The molecule has 1 aromatic carbocycles. The average molecular weight is 277 g/mol. The fraction of sp³-hybridized carbons (Fsp3) is 0.0769. The van der Waals surface area contributed by atoms with Crippen molar-refractivity contribution in [3.8, 4) is 0 Å². The van der Waals surface area contributed by atoms with Crippen molar-refractivity contribution in [3.05, 3.63) is 53.5 Å². The van der Waals surface area contributed by atoms with Gasteiger partial charge < -0.3 is 11.5 Å². The van der Waals surface area contributed by atoms with Gasteiger partial charge in [0.15, 0.2) is 0 Å². The van der Waals surface area contributed by atoms with E-state index in [-0.39, 0.29) is 5.56 Å². The lowest BCUT2D eigenvalue weighted by atomic mass is 10.1. The van der Waals surface area contributed by atoms with Gasteiger partial charge in [0.2, 0.25) is 5.91 Å². The Morgan fingerprint density at radius 3 is 2.68 bits per heavy atom. The van der Waals surface area contributed by atoms with Crippen LogP contribution < -0.4 is 11.5 Å². The zero-order valence-electron chi connectivity index (χ0n) is 9.97. The number of rotatable bonds is 4. The Labute approximate surface area is 114 Å². The molecule has 0 saturated heterocycles. The molecule has 0 aliphatic heterocycles. The lowest BCUT2D eigenvalue weighted by Gasteiger charge is -2.04. The van der Waals surface area contributed by atoms with Crippen LogP contribution in [0.25, 0.3) is 0 Å². The average Bonchev–Trinajstić information content (AvgIpc) is 2.39. The van der Waals surface area contributed by atoms with Crippen molar-refractivity contribution in [2.24, 2.45) is 5.73 Å². The molecule has 1 heterocycles. The van der Waals surface area contributed by atoms with Crippen molar-refractivity contribution >= 4 is 23.4 Å². The quantitative estimate of drug-likeness (QED) is 0.839. The Morgan fingerprint density at radius 2 is 2.11 bits per heavy atom. The Morgan fingerprint density at radius 1 is 1.32 bits per heavy atom. The van der Waals surface area contributed by atoms with Crippen LogP contribution >= 0.6 is 11.8 Å². The Kier molecular flexibility index (Phi) is 4.01. The van der Waals surface area contributed by atoms with E-state index < -0.39 is 11.7 Å². The van der Waals surface area contributed by atoms with Gasteiger partial charge in [-0.05, 0) is 29.8 Å². The summed E-state index contributed by atoms with van der Waals surface area (Å²) >= 11 is 1.39. The number of aromatic nitrogens is 1. The Bertz CT molecular complexity index is 601. The van der Waals surface area contributed by atoms with Crippen molar-refractivity contribution in [1.82, 2.24) is 4.98 Å². The molecule has 0 unspecified atom stereocenters. The number of pyridine rings is 1. The minimum absolute atomic E-state index is 0.164. The van der Waals surface area contributed by atoms with Crippen molar-refractivity contribution in [2.75, 3.05) is 5.73 Å². The predicted molar refractivity (Wildman–Crippen MR) is 73.1 cm³/mol. The zero-order chi connectivity index (χ0) is 13.8. The maximum absolute atomic E-state index is 13.7. The lowest BCUT2D eigenvalue weighted by Crippen LogP contribution is -2.11. The topological polar surface area (TPSA) is 82.0 Å². The number of nitrogen functional groups attached to an aromatic ring is 1. The largest absolute Gasteiger partial charge is 0.397 e. The number of hydrogen-bond donors (Lipinski definition) is 2. The second kappa shape index (κ2) is 5.71. The van der Waals surface area contributed by atoms with Crippen molar-refractivity contribution in [2.45, 2.75) is 10.8 Å². The van der Waals surface area contributed by atoms with Crippen LogP contribution in [0.3, 0.4) is 0 Å². The van der Waals surface area contributed by atoms with Crippen molar-refractivity contribution in [1.29, 1.82) is 0 Å². The number of halogens is 1. The van der Waals surface area contributed by atoms with Crippen LogP contribution in [0.15, 0.2) is 41.6 Å². The predicted octanol–water partition coefficient (Wildman–Crippen LogP) is 2.19. The Hall–Kier alpha value is -2.08. The number of anilines is 1. The van der Waals surface area contributed by atoms with Crippen LogP contribution in [0.1, 0.15) is 15.9 Å². The second-order valence-electron chi connectivity index (χ2n) is 3.89. The lowest BCUT2D eigenvalue weighted by molar-refractivity contribution is 0.1000. The summed E-state index contributed by atoms with van der Waals surface area (Å²) in [5.74, 6) is -0.667. The summed E-state index contributed by atoms with van der Waals surface area (Å²) < 4.78 is 13.7. The van der Waals surface area contributed by atoms with Crippen LogP contribution in [0, 0.1) is 5.82 Å². The van der Waals surface area contributed by atoms with Crippen LogP contribution in [-0.4, -0.2) is 10.9 Å². The molecule has 1 amide bonds. The maximum atomic E-state index is 13.7. The molecule has 2 rings (SSSR count). The van der Waals surface area contributed by atoms with E-state index in [2.05, 4.69) is 4.98 Å². The highest BCUT2D eigenvalue weighted by Crippen LogP contribution is 2.23. The SMILES string of the molecule is NC(=O)c1ccc(CSc2ccc(N)cn2)c(F)c1. The first-order valence-corrected chi connectivity index (χ1v) is 6.47. The summed E-state index contributed by atoms with van der Waals surface area (Å²) in [4.78, 5) is 15.0. The van der Waals surface area contributed by atoms with E-state index in [0.29, 0.717) is 17.0 Å². The molecule has 0 fully saturated rings. The number of carbonyl (C=O) groups is 1. The molecular formula is C13H12FN3OS. The monoisotopic (exact) mass is 277 g/mol. The number of primary amides is 1. The summed E-state index contributed by atoms with van der Waals surface area (Å²) in [6.07, 6.45) is 1.55. The van der Waals surface area contributed by atoms with Crippen LogP contribution in [0.4, 0.5) is 10.1 Å². The first-order valence-electron chi connectivity index (χ1n) is 5.49. The smallest absolute Gasteiger partial charge is 0.248 e. The summed E-state index contributed by atoms with van der Waals surface area (Å²) in [5.41, 5.74) is 11.8. The minimum atomic E-state index is -0.640. The van der Waals surface area contributed by atoms with Gasteiger partial charge in [-0.2, -0.15) is 0 Å². The molecule has 0 saturated carbocycles. The molecule has 0 bridgehead atoms. The number of nitrogens with two attached hydrogens (primary N) is 2. The first kappa shape index (κ1) is 13.4. The van der Waals surface area contributed by atoms with Gasteiger partial charge in [0, 0.05) is 11.3 Å². The molecule has 2 aromatic rings. The molecule has 0 aliphatic carbocycles. The van der Waals surface area contributed by atoms with Gasteiger partial charge >= 0.3 is 0 Å². The summed E-state index contributed by atoms with van der Waals surface area (Å²) in [7, 11) is 0. The van der Waals surface area contributed by atoms with Crippen LogP contribution in [0.2, 0.25) is 0 Å². The minimum Gasteiger partial charge on any atom is -0.397 e. The highest BCUT2D eigenvalue weighted by Gasteiger charge is 2.07. The van der Waals surface area contributed by atoms with Crippen molar-refractivity contribution < 1.29 is 9.18 Å². The van der Waals surface area contributed by atoms with Crippen LogP contribution in [-0.2, 0) is 5.75 Å². The molecule has 0 atom stereocenters. The third kappa shape index (κ3) is 3.45. The highest BCUT2D eigenvalue weighted by atomic mass is 32.2. The fourth-order valence-electron chi connectivity index (χ4n) is 1.45. The molecule has 6 heteroatoms. The molecule has 19 heavy (non-hydrogen) atoms. The summed E-state index contributed by atoms with van der Waals surface area (Å²) in [6, 6.07) is 7.73. The number of carbonyl (C=O) groups excluding carboxylic acids is 1. The molecule has 1 aromatic heterocycles. The zero-order valence-corrected chi connectivity index (χ0v) is 10.8.